The van der Waals surface area contributed by atoms with Crippen molar-refractivity contribution in [1.29, 1.82) is 0 Å². The number of nitrogens with one attached hydrogen (secondary N) is 3. The molecular weight excluding hydrogens is 382 g/mol. The molecule has 3 aromatic heterocycles. The van der Waals surface area contributed by atoms with Crippen LogP contribution >= 0.6 is 12.4 Å². The van der Waals surface area contributed by atoms with Crippen molar-refractivity contribution in [1.82, 2.24) is 24.9 Å². The van der Waals surface area contributed by atoms with Gasteiger partial charge >= 0.3 is 0 Å². The first kappa shape index (κ1) is 18.3. The number of aromatic nitrogens is 4. The Balaban J connectivity index is 0.00000192. The number of hydrogen-bond acceptors (Lipinski definition) is 6. The van der Waals surface area contributed by atoms with Crippen molar-refractivity contribution >= 4 is 40.9 Å². The molecule has 28 heavy (non-hydrogen) atoms. The normalized spacial score (nSPS) is 16.9. The van der Waals surface area contributed by atoms with E-state index < -0.39 is 5.66 Å². The molecule has 1 fully saturated rings. The quantitative estimate of drug-likeness (QED) is 0.604. The molecule has 0 aromatic carbocycles. The van der Waals surface area contributed by atoms with Crippen molar-refractivity contribution in [2.75, 3.05) is 17.4 Å². The van der Waals surface area contributed by atoms with E-state index in [1.165, 1.54) is 11.0 Å². The molecule has 0 atom stereocenters. The third-order valence-electron chi connectivity index (χ3n) is 5.64. The fourth-order valence-electron chi connectivity index (χ4n) is 3.98. The predicted octanol–water partition coefficient (Wildman–Crippen LogP) is 1.78. The number of nitrogens with zero attached hydrogens (tertiary/aromatic N) is 4. The molecule has 3 N–H and O–H groups in total. The Morgan fingerprint density at radius 3 is 2.75 bits per heavy atom. The second-order valence-corrected chi connectivity index (χ2v) is 7.16. The second kappa shape index (κ2) is 6.23. The zero-order valence-electron chi connectivity index (χ0n) is 15.4. The number of amides is 1. The third-order valence-corrected chi connectivity index (χ3v) is 5.64. The lowest BCUT2D eigenvalue weighted by Gasteiger charge is -2.53. The molecule has 0 bridgehead atoms. The summed E-state index contributed by atoms with van der Waals surface area (Å²) in [6, 6.07) is 3.55. The van der Waals surface area contributed by atoms with Crippen molar-refractivity contribution in [2.45, 2.75) is 31.8 Å². The number of anilines is 2. The summed E-state index contributed by atoms with van der Waals surface area (Å²) in [7, 11) is 1.85. The highest BCUT2D eigenvalue weighted by Gasteiger charge is 2.47. The van der Waals surface area contributed by atoms with Gasteiger partial charge in [-0.05, 0) is 43.9 Å². The number of carbonyl (C=O) groups is 1. The molecule has 2 aliphatic rings. The maximum atomic E-state index is 13.3. The Bertz CT molecular complexity index is 1150. The highest BCUT2D eigenvalue weighted by atomic mass is 35.5. The first-order chi connectivity index (χ1) is 13.0. The monoisotopic (exact) mass is 401 g/mol. The molecule has 3 aromatic rings. The van der Waals surface area contributed by atoms with E-state index in [-0.39, 0.29) is 23.9 Å². The summed E-state index contributed by atoms with van der Waals surface area (Å²) in [5.41, 5.74) is 1.40. The fourth-order valence-corrected chi connectivity index (χ4v) is 3.98. The van der Waals surface area contributed by atoms with Gasteiger partial charge in [0.05, 0.1) is 5.39 Å². The zero-order valence-corrected chi connectivity index (χ0v) is 16.3. The summed E-state index contributed by atoms with van der Waals surface area (Å²) in [5, 5.41) is 8.85. The summed E-state index contributed by atoms with van der Waals surface area (Å²) in [6.07, 6.45) is 5.89. The zero-order chi connectivity index (χ0) is 18.8. The van der Waals surface area contributed by atoms with Gasteiger partial charge in [0.25, 0.3) is 11.5 Å². The van der Waals surface area contributed by atoms with E-state index in [1.54, 1.807) is 12.3 Å². The Morgan fingerprint density at radius 1 is 1.25 bits per heavy atom. The SMILES string of the molecule is Cc1cc(Nc2ncnc3[nH]ccc23)c(=O)n2c1C(=O)NC1(CCC1)N2C.Cl. The largest absolute Gasteiger partial charge is 0.346 e. The summed E-state index contributed by atoms with van der Waals surface area (Å²) in [6.45, 7) is 1.83. The molecule has 5 rings (SSSR count). The number of rotatable bonds is 2. The van der Waals surface area contributed by atoms with Crippen LogP contribution in [0.2, 0.25) is 0 Å². The minimum Gasteiger partial charge on any atom is -0.346 e. The predicted molar refractivity (Wildman–Crippen MR) is 108 cm³/mol. The Labute approximate surface area is 166 Å². The first-order valence-electron chi connectivity index (χ1n) is 8.89. The lowest BCUT2D eigenvalue weighted by atomic mass is 9.83. The number of H-pyrrole nitrogens is 1. The summed E-state index contributed by atoms with van der Waals surface area (Å²) >= 11 is 0. The van der Waals surface area contributed by atoms with Crippen molar-refractivity contribution < 1.29 is 4.79 Å². The van der Waals surface area contributed by atoms with Gasteiger partial charge in [-0.2, -0.15) is 0 Å². The Kier molecular flexibility index (Phi) is 4.07. The molecule has 1 saturated carbocycles. The summed E-state index contributed by atoms with van der Waals surface area (Å²) in [4.78, 5) is 37.4. The highest BCUT2D eigenvalue weighted by molar-refractivity contribution is 5.96. The van der Waals surface area contributed by atoms with Gasteiger partial charge in [0.15, 0.2) is 0 Å². The average molecular weight is 402 g/mol. The molecule has 4 heterocycles. The molecule has 9 nitrogen and oxygen atoms in total. The van der Waals surface area contributed by atoms with Crippen molar-refractivity contribution in [3.8, 4) is 0 Å². The maximum absolute atomic E-state index is 13.3. The maximum Gasteiger partial charge on any atom is 0.293 e. The van der Waals surface area contributed by atoms with Crippen LogP contribution in [-0.4, -0.2) is 38.2 Å². The van der Waals surface area contributed by atoms with Crippen LogP contribution in [0.1, 0.15) is 35.3 Å². The van der Waals surface area contributed by atoms with Gasteiger partial charge in [0.1, 0.15) is 34.8 Å². The average Bonchev–Trinajstić information content (AvgIpc) is 3.09. The first-order valence-corrected chi connectivity index (χ1v) is 8.89. The van der Waals surface area contributed by atoms with Crippen LogP contribution in [-0.2, 0) is 0 Å². The van der Waals surface area contributed by atoms with Gasteiger partial charge in [-0.25, -0.2) is 14.6 Å². The van der Waals surface area contributed by atoms with Crippen LogP contribution in [0, 0.1) is 6.92 Å². The van der Waals surface area contributed by atoms with Crippen molar-refractivity contribution in [3.05, 3.63) is 46.3 Å². The lowest BCUT2D eigenvalue weighted by molar-refractivity contribution is 0.0698. The van der Waals surface area contributed by atoms with Gasteiger partial charge in [-0.3, -0.25) is 14.6 Å². The topological polar surface area (TPSA) is 108 Å². The fraction of sp³-hybridized carbons (Fsp3) is 0.333. The molecule has 1 amide bonds. The molecule has 0 saturated heterocycles. The molecule has 1 spiro atoms. The molecule has 1 aliphatic carbocycles. The molecule has 146 valence electrons. The van der Waals surface area contributed by atoms with Crippen LogP contribution in [0.4, 0.5) is 11.5 Å². The van der Waals surface area contributed by atoms with E-state index in [4.69, 9.17) is 0 Å². The molecule has 0 radical (unpaired) electrons. The van der Waals surface area contributed by atoms with E-state index in [2.05, 4.69) is 25.6 Å². The lowest BCUT2D eigenvalue weighted by Crippen LogP contribution is -2.72. The molecule has 1 aliphatic heterocycles. The number of carbonyl (C=O) groups excluding carboxylic acids is 1. The van der Waals surface area contributed by atoms with Gasteiger partial charge in [-0.15, -0.1) is 12.4 Å². The van der Waals surface area contributed by atoms with Crippen LogP contribution in [0.3, 0.4) is 0 Å². The minimum atomic E-state index is -0.470. The molecular formula is C18H20ClN7O2. The molecule has 10 heteroatoms. The Morgan fingerprint density at radius 2 is 2.04 bits per heavy atom. The van der Waals surface area contributed by atoms with Gasteiger partial charge in [0.2, 0.25) is 0 Å². The minimum absolute atomic E-state index is 0. The van der Waals surface area contributed by atoms with E-state index in [0.29, 0.717) is 22.8 Å². The molecule has 0 unspecified atom stereocenters. The van der Waals surface area contributed by atoms with Gasteiger partial charge in [0, 0.05) is 13.2 Å². The standard InChI is InChI=1S/C18H19N7O2.ClH/c1-10-8-12(22-15-11-4-7-19-14(11)20-9-21-15)17(27)25-13(10)16(26)23-18(24(25)2)5-3-6-18;/h4,7-9H,3,5-6H2,1-2H3,(H,23,26)(H2,19,20,21,22);1H. The van der Waals surface area contributed by atoms with E-state index >= 15 is 0 Å². The number of pyridine rings is 1. The number of halogens is 1. The number of aromatic amines is 1. The summed E-state index contributed by atoms with van der Waals surface area (Å²) in [5.74, 6) is 0.337. The van der Waals surface area contributed by atoms with Crippen LogP contribution in [0.5, 0.6) is 0 Å². The van der Waals surface area contributed by atoms with E-state index in [0.717, 1.165) is 30.2 Å². The third kappa shape index (κ3) is 2.39. The summed E-state index contributed by atoms with van der Waals surface area (Å²) < 4.78 is 1.49. The second-order valence-electron chi connectivity index (χ2n) is 7.16. The van der Waals surface area contributed by atoms with E-state index in [1.807, 2.05) is 25.0 Å². The van der Waals surface area contributed by atoms with Crippen LogP contribution in [0.15, 0.2) is 29.5 Å². The number of aryl methyl sites for hydroxylation is 1. The number of fused-ring (bicyclic) bond motifs is 2. The van der Waals surface area contributed by atoms with Crippen molar-refractivity contribution in [2.24, 2.45) is 0 Å². The highest BCUT2D eigenvalue weighted by Crippen LogP contribution is 2.36. The van der Waals surface area contributed by atoms with Gasteiger partial charge in [-0.1, -0.05) is 0 Å². The number of hydrogen-bond donors (Lipinski definition) is 3. The van der Waals surface area contributed by atoms with Gasteiger partial charge < -0.3 is 15.6 Å². The van der Waals surface area contributed by atoms with Crippen LogP contribution < -0.4 is 21.2 Å². The smallest absolute Gasteiger partial charge is 0.293 e. The van der Waals surface area contributed by atoms with Crippen LogP contribution in [0.25, 0.3) is 11.0 Å². The van der Waals surface area contributed by atoms with Crippen molar-refractivity contribution in [3.63, 3.8) is 0 Å². The van der Waals surface area contributed by atoms with E-state index in [9.17, 15) is 9.59 Å². The Hall–Kier alpha value is -3.07.